The predicted octanol–water partition coefficient (Wildman–Crippen LogP) is 2.11. The summed E-state index contributed by atoms with van der Waals surface area (Å²) in [6.45, 7) is -0.0706. The molecule has 1 aromatic heterocycles. The molecule has 0 radical (unpaired) electrons. The predicted molar refractivity (Wildman–Crippen MR) is 85.9 cm³/mol. The SMILES string of the molecule is O=C(CO[C@@H]1COc2nc([N+](=O)[O-])cn2C1)Nc1ccc(OC(F)(F)F)cc1. The molecule has 150 valence electrons. The number of alkyl halides is 3. The highest BCUT2D eigenvalue weighted by Gasteiger charge is 2.31. The molecular formula is C15H13F3N4O6. The number of carbonyl (C=O) groups excluding carboxylic acids is 1. The summed E-state index contributed by atoms with van der Waals surface area (Å²) in [6.07, 6.45) is -4.12. The number of nitrogens with one attached hydrogen (secondary N) is 1. The van der Waals surface area contributed by atoms with Gasteiger partial charge in [0.25, 0.3) is 0 Å². The molecule has 0 saturated carbocycles. The third kappa shape index (κ3) is 5.09. The van der Waals surface area contributed by atoms with Crippen molar-refractivity contribution in [3.05, 3.63) is 40.6 Å². The van der Waals surface area contributed by atoms with Crippen molar-refractivity contribution in [1.29, 1.82) is 0 Å². The van der Waals surface area contributed by atoms with Crippen molar-refractivity contribution in [2.24, 2.45) is 0 Å². The van der Waals surface area contributed by atoms with E-state index in [1.807, 2.05) is 0 Å². The Morgan fingerprint density at radius 1 is 1.39 bits per heavy atom. The molecule has 0 spiro atoms. The molecule has 10 nitrogen and oxygen atoms in total. The van der Waals surface area contributed by atoms with E-state index in [0.717, 1.165) is 12.1 Å². The van der Waals surface area contributed by atoms with Crippen molar-refractivity contribution in [1.82, 2.24) is 9.55 Å². The Kier molecular flexibility index (Phi) is 5.35. The second kappa shape index (κ2) is 7.72. The Hall–Kier alpha value is -3.35. The standard InChI is InChI=1S/C15H13F3N4O6/c16-15(17,18)28-10-3-1-9(2-4-10)19-13(23)8-26-11-5-21-6-12(22(24)25)20-14(21)27-7-11/h1-4,6,11H,5,7-8H2,(H,19,23)/t11-/m0/s1. The Labute approximate surface area is 155 Å². The van der Waals surface area contributed by atoms with Crippen LogP contribution in [0.2, 0.25) is 0 Å². The number of benzene rings is 1. The molecule has 1 atom stereocenters. The van der Waals surface area contributed by atoms with E-state index in [4.69, 9.17) is 9.47 Å². The smallest absolute Gasteiger partial charge is 0.443 e. The molecule has 0 saturated heterocycles. The first-order chi connectivity index (χ1) is 13.2. The second-order valence-corrected chi connectivity index (χ2v) is 5.66. The van der Waals surface area contributed by atoms with Crippen LogP contribution in [0.3, 0.4) is 0 Å². The second-order valence-electron chi connectivity index (χ2n) is 5.66. The van der Waals surface area contributed by atoms with Gasteiger partial charge in [0, 0.05) is 10.7 Å². The summed E-state index contributed by atoms with van der Waals surface area (Å²) in [5, 5.41) is 13.2. The number of amides is 1. The zero-order chi connectivity index (χ0) is 20.3. The summed E-state index contributed by atoms with van der Waals surface area (Å²) >= 11 is 0. The largest absolute Gasteiger partial charge is 0.573 e. The van der Waals surface area contributed by atoms with Gasteiger partial charge in [-0.2, -0.15) is 0 Å². The first-order valence-corrected chi connectivity index (χ1v) is 7.81. The van der Waals surface area contributed by atoms with Crippen LogP contribution in [0.25, 0.3) is 0 Å². The molecule has 1 aliphatic heterocycles. The van der Waals surface area contributed by atoms with E-state index in [1.165, 1.54) is 22.9 Å². The van der Waals surface area contributed by atoms with Crippen LogP contribution in [0, 0.1) is 10.1 Å². The average molecular weight is 402 g/mol. The average Bonchev–Trinajstić information content (AvgIpc) is 3.04. The minimum absolute atomic E-state index is 0.0604. The lowest BCUT2D eigenvalue weighted by Gasteiger charge is -2.22. The first-order valence-electron chi connectivity index (χ1n) is 7.81. The van der Waals surface area contributed by atoms with Crippen molar-refractivity contribution in [3.63, 3.8) is 0 Å². The normalized spacial score (nSPS) is 16.0. The summed E-state index contributed by atoms with van der Waals surface area (Å²) < 4.78 is 52.1. The number of imidazole rings is 1. The van der Waals surface area contributed by atoms with Gasteiger partial charge < -0.3 is 29.6 Å². The maximum absolute atomic E-state index is 12.1. The van der Waals surface area contributed by atoms with Crippen LogP contribution in [-0.2, 0) is 16.1 Å². The molecule has 13 heteroatoms. The van der Waals surface area contributed by atoms with Crippen molar-refractivity contribution < 1.29 is 37.1 Å². The lowest BCUT2D eigenvalue weighted by atomic mass is 10.3. The van der Waals surface area contributed by atoms with E-state index in [1.54, 1.807) is 0 Å². The quantitative estimate of drug-likeness (QED) is 0.581. The van der Waals surface area contributed by atoms with Crippen LogP contribution in [0.1, 0.15) is 0 Å². The third-order valence-electron chi connectivity index (χ3n) is 3.53. The highest BCUT2D eigenvalue weighted by molar-refractivity contribution is 5.91. The van der Waals surface area contributed by atoms with Crippen molar-refractivity contribution >= 4 is 17.4 Å². The Balaban J connectivity index is 1.47. The molecule has 0 unspecified atom stereocenters. The lowest BCUT2D eigenvalue weighted by molar-refractivity contribution is -0.389. The van der Waals surface area contributed by atoms with Crippen molar-refractivity contribution in [3.8, 4) is 11.8 Å². The van der Waals surface area contributed by atoms with Gasteiger partial charge in [0.05, 0.1) is 6.54 Å². The van der Waals surface area contributed by atoms with Crippen LogP contribution in [0.4, 0.5) is 24.7 Å². The minimum atomic E-state index is -4.80. The number of nitro groups is 1. The highest BCUT2D eigenvalue weighted by Crippen LogP contribution is 2.24. The maximum Gasteiger partial charge on any atom is 0.573 e. The fourth-order valence-electron chi connectivity index (χ4n) is 2.39. The van der Waals surface area contributed by atoms with Crippen molar-refractivity contribution in [2.75, 3.05) is 18.5 Å². The summed E-state index contributed by atoms with van der Waals surface area (Å²) in [7, 11) is 0. The van der Waals surface area contributed by atoms with Crippen LogP contribution in [0.15, 0.2) is 30.5 Å². The molecule has 2 heterocycles. The van der Waals surface area contributed by atoms with E-state index in [2.05, 4.69) is 15.0 Å². The zero-order valence-corrected chi connectivity index (χ0v) is 14.0. The lowest BCUT2D eigenvalue weighted by Crippen LogP contribution is -2.34. The number of rotatable bonds is 6. The van der Waals surface area contributed by atoms with Gasteiger partial charge in [-0.15, -0.1) is 13.2 Å². The fourth-order valence-corrected chi connectivity index (χ4v) is 2.39. The number of hydrogen-bond acceptors (Lipinski definition) is 7. The fraction of sp³-hybridized carbons (Fsp3) is 0.333. The Bertz CT molecular complexity index is 868. The molecule has 2 aromatic rings. The molecule has 0 aliphatic carbocycles. The highest BCUT2D eigenvalue weighted by atomic mass is 19.4. The van der Waals surface area contributed by atoms with Crippen molar-refractivity contribution in [2.45, 2.75) is 19.0 Å². The number of halogens is 3. The number of carbonyl (C=O) groups is 1. The van der Waals surface area contributed by atoms with E-state index in [-0.39, 0.29) is 37.3 Å². The van der Waals surface area contributed by atoms with Crippen LogP contribution >= 0.6 is 0 Å². The zero-order valence-electron chi connectivity index (χ0n) is 14.0. The molecular weight excluding hydrogens is 389 g/mol. The number of anilines is 1. The van der Waals surface area contributed by atoms with Gasteiger partial charge in [0.15, 0.2) is 0 Å². The van der Waals surface area contributed by atoms with Gasteiger partial charge >= 0.3 is 18.2 Å². The van der Waals surface area contributed by atoms with Crippen LogP contribution in [-0.4, -0.2) is 46.1 Å². The summed E-state index contributed by atoms with van der Waals surface area (Å²) in [4.78, 5) is 25.7. The number of aromatic nitrogens is 2. The van der Waals surface area contributed by atoms with Crippen LogP contribution < -0.4 is 14.8 Å². The molecule has 1 N–H and O–H groups in total. The molecule has 0 fully saturated rings. The summed E-state index contributed by atoms with van der Waals surface area (Å²) in [5.74, 6) is -1.30. The Morgan fingerprint density at radius 2 is 2.11 bits per heavy atom. The molecule has 1 aliphatic rings. The molecule has 1 aromatic carbocycles. The minimum Gasteiger partial charge on any atom is -0.443 e. The number of nitrogens with zero attached hydrogens (tertiary/aromatic N) is 3. The molecule has 28 heavy (non-hydrogen) atoms. The first kappa shape index (κ1) is 19.4. The summed E-state index contributed by atoms with van der Waals surface area (Å²) in [5.41, 5.74) is 0.260. The summed E-state index contributed by atoms with van der Waals surface area (Å²) in [6, 6.07) is 4.72. The van der Waals surface area contributed by atoms with E-state index < -0.39 is 29.0 Å². The van der Waals surface area contributed by atoms with Gasteiger partial charge in [-0.25, -0.2) is 0 Å². The third-order valence-corrected chi connectivity index (χ3v) is 3.53. The molecule has 1 amide bonds. The molecule has 0 bridgehead atoms. The molecule has 3 rings (SSSR count). The maximum atomic E-state index is 12.1. The monoisotopic (exact) mass is 402 g/mol. The van der Waals surface area contributed by atoms with E-state index >= 15 is 0 Å². The van der Waals surface area contributed by atoms with E-state index in [0.29, 0.717) is 0 Å². The van der Waals surface area contributed by atoms with E-state index in [9.17, 15) is 28.1 Å². The van der Waals surface area contributed by atoms with Gasteiger partial charge in [-0.3, -0.25) is 9.36 Å². The number of fused-ring (bicyclic) bond motifs is 1. The Morgan fingerprint density at radius 3 is 2.75 bits per heavy atom. The van der Waals surface area contributed by atoms with Gasteiger partial charge in [-0.1, -0.05) is 0 Å². The van der Waals surface area contributed by atoms with Gasteiger partial charge in [-0.05, 0) is 29.2 Å². The van der Waals surface area contributed by atoms with Crippen LogP contribution in [0.5, 0.6) is 11.8 Å². The number of hydrogen-bond donors (Lipinski definition) is 1. The van der Waals surface area contributed by atoms with Gasteiger partial charge in [0.1, 0.15) is 31.3 Å². The van der Waals surface area contributed by atoms with Gasteiger partial charge in [0.2, 0.25) is 5.91 Å². The number of ether oxygens (including phenoxy) is 3. The topological polar surface area (TPSA) is 118 Å².